The lowest BCUT2D eigenvalue weighted by atomic mass is 10.2. The van der Waals surface area contributed by atoms with Gasteiger partial charge in [-0.05, 0) is 0 Å². The minimum Gasteiger partial charge on any atom is -0.486 e. The van der Waals surface area contributed by atoms with E-state index in [4.69, 9.17) is 25.8 Å². The van der Waals surface area contributed by atoms with E-state index in [1.165, 1.54) is 0 Å². The highest BCUT2D eigenvalue weighted by Crippen LogP contribution is 2.37. The van der Waals surface area contributed by atoms with Gasteiger partial charge in [-0.1, -0.05) is 11.6 Å². The SMILES string of the molecule is O=C(Nc1cc2c(cc1Cl)OCCO2)C1COCCN1. The molecule has 2 aliphatic heterocycles. The molecule has 7 heteroatoms. The van der Waals surface area contributed by atoms with E-state index in [9.17, 15) is 4.79 Å². The van der Waals surface area contributed by atoms with Crippen LogP contribution in [0.3, 0.4) is 0 Å². The lowest BCUT2D eigenvalue weighted by molar-refractivity contribution is -0.120. The lowest BCUT2D eigenvalue weighted by Gasteiger charge is -2.24. The Bertz CT molecular complexity index is 517. The van der Waals surface area contributed by atoms with E-state index in [0.717, 1.165) is 0 Å². The summed E-state index contributed by atoms with van der Waals surface area (Å²) in [6, 6.07) is 2.96. The molecule has 2 heterocycles. The Balaban J connectivity index is 1.74. The molecule has 20 heavy (non-hydrogen) atoms. The van der Waals surface area contributed by atoms with Gasteiger partial charge in [-0.15, -0.1) is 0 Å². The molecule has 1 atom stereocenters. The molecule has 1 amide bonds. The molecule has 2 N–H and O–H groups in total. The summed E-state index contributed by atoms with van der Waals surface area (Å²) in [5.74, 6) is 1.01. The Morgan fingerprint density at radius 2 is 2.00 bits per heavy atom. The molecular formula is C13H15ClN2O4. The average molecular weight is 299 g/mol. The van der Waals surface area contributed by atoms with E-state index in [1.54, 1.807) is 12.1 Å². The van der Waals surface area contributed by atoms with Crippen LogP contribution in [-0.2, 0) is 9.53 Å². The minimum atomic E-state index is -0.368. The fourth-order valence-corrected chi connectivity index (χ4v) is 2.31. The van der Waals surface area contributed by atoms with Crippen LogP contribution in [0.15, 0.2) is 12.1 Å². The van der Waals surface area contributed by atoms with Gasteiger partial charge < -0.3 is 24.8 Å². The summed E-state index contributed by atoms with van der Waals surface area (Å²) in [4.78, 5) is 12.1. The van der Waals surface area contributed by atoms with Gasteiger partial charge in [0.15, 0.2) is 11.5 Å². The van der Waals surface area contributed by atoms with E-state index in [1.807, 2.05) is 0 Å². The lowest BCUT2D eigenvalue weighted by Crippen LogP contribution is -2.48. The van der Waals surface area contributed by atoms with Crippen molar-refractivity contribution in [3.63, 3.8) is 0 Å². The van der Waals surface area contributed by atoms with Gasteiger partial charge in [0.05, 0.1) is 23.9 Å². The number of rotatable bonds is 2. The zero-order chi connectivity index (χ0) is 13.9. The Morgan fingerprint density at radius 3 is 2.70 bits per heavy atom. The monoisotopic (exact) mass is 298 g/mol. The molecule has 0 saturated carbocycles. The van der Waals surface area contributed by atoms with Crippen LogP contribution in [0.25, 0.3) is 0 Å². The highest BCUT2D eigenvalue weighted by Gasteiger charge is 2.23. The molecule has 6 nitrogen and oxygen atoms in total. The zero-order valence-corrected chi connectivity index (χ0v) is 11.5. The molecule has 1 saturated heterocycles. The third kappa shape index (κ3) is 2.82. The van der Waals surface area contributed by atoms with Crippen molar-refractivity contribution < 1.29 is 19.0 Å². The summed E-state index contributed by atoms with van der Waals surface area (Å²) in [5.41, 5.74) is 0.508. The van der Waals surface area contributed by atoms with E-state index < -0.39 is 0 Å². The van der Waals surface area contributed by atoms with Gasteiger partial charge in [0.1, 0.15) is 19.3 Å². The van der Waals surface area contributed by atoms with Crippen molar-refractivity contribution in [2.24, 2.45) is 0 Å². The Labute approximate surface area is 121 Å². The Hall–Kier alpha value is -1.50. The Kier molecular flexibility index (Phi) is 3.95. The van der Waals surface area contributed by atoms with Crippen LogP contribution in [-0.4, -0.2) is 44.9 Å². The Morgan fingerprint density at radius 1 is 1.25 bits per heavy atom. The minimum absolute atomic E-state index is 0.178. The highest BCUT2D eigenvalue weighted by atomic mass is 35.5. The van der Waals surface area contributed by atoms with Crippen LogP contribution < -0.4 is 20.1 Å². The van der Waals surface area contributed by atoms with E-state index in [0.29, 0.717) is 55.2 Å². The quantitative estimate of drug-likeness (QED) is 0.854. The van der Waals surface area contributed by atoms with Crippen LogP contribution in [0, 0.1) is 0 Å². The van der Waals surface area contributed by atoms with Gasteiger partial charge in [-0.3, -0.25) is 4.79 Å². The molecular weight excluding hydrogens is 284 g/mol. The smallest absolute Gasteiger partial charge is 0.243 e. The number of fused-ring (bicyclic) bond motifs is 1. The van der Waals surface area contributed by atoms with Crippen LogP contribution in [0.1, 0.15) is 0 Å². The number of carbonyl (C=O) groups is 1. The predicted octanol–water partition coefficient (Wildman–Crippen LogP) is 1.04. The first-order valence-electron chi connectivity index (χ1n) is 6.45. The fraction of sp³-hybridized carbons (Fsp3) is 0.462. The second kappa shape index (κ2) is 5.87. The molecule has 108 valence electrons. The van der Waals surface area contributed by atoms with Crippen molar-refractivity contribution in [3.05, 3.63) is 17.2 Å². The number of nitrogens with one attached hydrogen (secondary N) is 2. The molecule has 1 unspecified atom stereocenters. The first-order chi connectivity index (χ1) is 9.74. The first kappa shape index (κ1) is 13.5. The van der Waals surface area contributed by atoms with Gasteiger partial charge in [0, 0.05) is 18.7 Å². The zero-order valence-electron chi connectivity index (χ0n) is 10.8. The van der Waals surface area contributed by atoms with E-state index in [2.05, 4.69) is 10.6 Å². The van der Waals surface area contributed by atoms with Gasteiger partial charge in [0.25, 0.3) is 0 Å². The molecule has 0 radical (unpaired) electrons. The number of carbonyl (C=O) groups excluding carboxylic acids is 1. The van der Waals surface area contributed by atoms with Gasteiger partial charge in [-0.25, -0.2) is 0 Å². The largest absolute Gasteiger partial charge is 0.486 e. The number of hydrogen-bond acceptors (Lipinski definition) is 5. The third-order valence-corrected chi connectivity index (χ3v) is 3.44. The number of benzene rings is 1. The summed E-state index contributed by atoms with van der Waals surface area (Å²) < 4.78 is 16.2. The van der Waals surface area contributed by atoms with Crippen LogP contribution >= 0.6 is 11.6 Å². The van der Waals surface area contributed by atoms with Crippen molar-refractivity contribution in [2.75, 3.05) is 38.3 Å². The number of morpholine rings is 1. The maximum absolute atomic E-state index is 12.1. The summed E-state index contributed by atoms with van der Waals surface area (Å²) >= 11 is 6.14. The van der Waals surface area contributed by atoms with E-state index in [-0.39, 0.29) is 11.9 Å². The van der Waals surface area contributed by atoms with Crippen LogP contribution in [0.5, 0.6) is 11.5 Å². The summed E-state index contributed by atoms with van der Waals surface area (Å²) in [6.07, 6.45) is 0. The first-order valence-corrected chi connectivity index (χ1v) is 6.83. The molecule has 1 fully saturated rings. The maximum Gasteiger partial charge on any atom is 0.243 e. The maximum atomic E-state index is 12.1. The molecule has 1 aromatic rings. The summed E-state index contributed by atoms with van der Waals surface area (Å²) in [5, 5.41) is 6.28. The average Bonchev–Trinajstić information content (AvgIpc) is 2.49. The van der Waals surface area contributed by atoms with Crippen molar-refractivity contribution >= 4 is 23.2 Å². The number of halogens is 1. The van der Waals surface area contributed by atoms with Gasteiger partial charge in [-0.2, -0.15) is 0 Å². The third-order valence-electron chi connectivity index (χ3n) is 3.13. The van der Waals surface area contributed by atoms with Crippen molar-refractivity contribution in [3.8, 4) is 11.5 Å². The summed E-state index contributed by atoms with van der Waals surface area (Å²) in [6.45, 7) is 2.62. The number of amides is 1. The predicted molar refractivity (Wildman–Crippen MR) is 73.7 cm³/mol. The van der Waals surface area contributed by atoms with Gasteiger partial charge in [0.2, 0.25) is 5.91 Å². The summed E-state index contributed by atoms with van der Waals surface area (Å²) in [7, 11) is 0. The standard InChI is InChI=1S/C13H15ClN2O4/c14-8-5-11-12(20-4-3-19-11)6-9(8)16-13(17)10-7-18-2-1-15-10/h5-6,10,15H,1-4,7H2,(H,16,17). The van der Waals surface area contributed by atoms with Crippen molar-refractivity contribution in [1.82, 2.24) is 5.32 Å². The number of hydrogen-bond donors (Lipinski definition) is 2. The van der Waals surface area contributed by atoms with Crippen LogP contribution in [0.2, 0.25) is 5.02 Å². The van der Waals surface area contributed by atoms with Crippen LogP contribution in [0.4, 0.5) is 5.69 Å². The highest BCUT2D eigenvalue weighted by molar-refractivity contribution is 6.34. The molecule has 0 aromatic heterocycles. The molecule has 2 aliphatic rings. The second-order valence-corrected chi connectivity index (χ2v) is 4.95. The fourth-order valence-electron chi connectivity index (χ4n) is 2.11. The number of anilines is 1. The number of ether oxygens (including phenoxy) is 3. The van der Waals surface area contributed by atoms with E-state index >= 15 is 0 Å². The molecule has 0 aliphatic carbocycles. The normalized spacial score (nSPS) is 21.4. The van der Waals surface area contributed by atoms with Crippen molar-refractivity contribution in [1.29, 1.82) is 0 Å². The van der Waals surface area contributed by atoms with Crippen molar-refractivity contribution in [2.45, 2.75) is 6.04 Å². The molecule has 1 aromatic carbocycles. The molecule has 0 bridgehead atoms. The second-order valence-electron chi connectivity index (χ2n) is 4.55. The topological polar surface area (TPSA) is 68.8 Å². The van der Waals surface area contributed by atoms with Gasteiger partial charge >= 0.3 is 0 Å². The molecule has 0 spiro atoms. The molecule has 3 rings (SSSR count).